The molecule has 24 heavy (non-hydrogen) atoms. The lowest BCUT2D eigenvalue weighted by Crippen LogP contribution is -2.40. The molecule has 4 rings (SSSR count). The van der Waals surface area contributed by atoms with Gasteiger partial charge < -0.3 is 19.9 Å². The summed E-state index contributed by atoms with van der Waals surface area (Å²) in [6, 6.07) is 5.47. The van der Waals surface area contributed by atoms with Crippen molar-refractivity contribution >= 4 is 38.6 Å². The van der Waals surface area contributed by atoms with E-state index in [4.69, 9.17) is 9.47 Å². The van der Waals surface area contributed by atoms with Crippen molar-refractivity contribution in [3.8, 4) is 5.75 Å². The number of anilines is 1. The molecule has 0 radical (unpaired) electrons. The third kappa shape index (κ3) is 2.42. The van der Waals surface area contributed by atoms with Crippen molar-refractivity contribution in [2.75, 3.05) is 12.4 Å². The second-order valence-electron chi connectivity index (χ2n) is 6.02. The summed E-state index contributed by atoms with van der Waals surface area (Å²) in [5.41, 5.74) is 0.759. The molecule has 0 saturated carbocycles. The Labute approximate surface area is 141 Å². The first-order chi connectivity index (χ1) is 11.6. The monoisotopic (exact) mass is 348 g/mol. The Morgan fingerprint density at radius 3 is 2.79 bits per heavy atom. The minimum atomic E-state index is -0.976. The van der Waals surface area contributed by atoms with Crippen LogP contribution in [-0.2, 0) is 14.3 Å². The van der Waals surface area contributed by atoms with Crippen LogP contribution in [0.5, 0.6) is 5.75 Å². The normalized spacial score (nSPS) is 28.2. The molecule has 2 fully saturated rings. The van der Waals surface area contributed by atoms with Crippen molar-refractivity contribution in [1.29, 1.82) is 0 Å². The molecule has 3 heterocycles. The lowest BCUT2D eigenvalue weighted by Gasteiger charge is -2.23. The van der Waals surface area contributed by atoms with Crippen LogP contribution in [0.15, 0.2) is 18.2 Å². The Bertz CT molecular complexity index is 820. The third-order valence-electron chi connectivity index (χ3n) is 4.69. The zero-order valence-electron chi connectivity index (χ0n) is 12.9. The number of amides is 1. The highest BCUT2D eigenvalue weighted by Gasteiger charge is 2.55. The van der Waals surface area contributed by atoms with Crippen LogP contribution in [0.25, 0.3) is 10.2 Å². The fourth-order valence-electron chi connectivity index (χ4n) is 3.60. The summed E-state index contributed by atoms with van der Waals surface area (Å²) >= 11 is 1.33. The van der Waals surface area contributed by atoms with Gasteiger partial charge in [0.1, 0.15) is 5.75 Å². The van der Waals surface area contributed by atoms with Crippen molar-refractivity contribution < 1.29 is 24.2 Å². The van der Waals surface area contributed by atoms with Gasteiger partial charge in [0.05, 0.1) is 41.4 Å². The fraction of sp³-hybridized carbons (Fsp3) is 0.438. The number of carboxylic acids is 1. The van der Waals surface area contributed by atoms with Gasteiger partial charge in [-0.1, -0.05) is 11.3 Å². The van der Waals surface area contributed by atoms with E-state index in [1.807, 2.05) is 12.1 Å². The van der Waals surface area contributed by atoms with Gasteiger partial charge in [0.25, 0.3) is 0 Å². The number of fused-ring (bicyclic) bond motifs is 3. The number of carbonyl (C=O) groups excluding carboxylic acids is 1. The van der Waals surface area contributed by atoms with Gasteiger partial charge in [-0.05, 0) is 31.0 Å². The highest BCUT2D eigenvalue weighted by Crippen LogP contribution is 2.44. The van der Waals surface area contributed by atoms with Crippen LogP contribution in [0, 0.1) is 11.8 Å². The molecule has 2 aromatic rings. The maximum atomic E-state index is 12.6. The van der Waals surface area contributed by atoms with E-state index in [1.54, 1.807) is 13.2 Å². The van der Waals surface area contributed by atoms with Crippen LogP contribution >= 0.6 is 11.3 Å². The number of methoxy groups -OCH3 is 1. The van der Waals surface area contributed by atoms with Crippen LogP contribution in [0.1, 0.15) is 12.8 Å². The van der Waals surface area contributed by atoms with Crippen molar-refractivity contribution in [2.24, 2.45) is 11.8 Å². The first-order valence-electron chi connectivity index (χ1n) is 7.70. The molecule has 2 saturated heterocycles. The summed E-state index contributed by atoms with van der Waals surface area (Å²) in [6.07, 6.45) is 0.754. The lowest BCUT2D eigenvalue weighted by atomic mass is 9.79. The molecule has 8 heteroatoms. The Morgan fingerprint density at radius 1 is 1.33 bits per heavy atom. The van der Waals surface area contributed by atoms with Gasteiger partial charge in [0.2, 0.25) is 5.91 Å². The van der Waals surface area contributed by atoms with E-state index in [1.165, 1.54) is 11.3 Å². The number of thiazole rings is 1. The molecular weight excluding hydrogens is 332 g/mol. The Balaban J connectivity index is 1.56. The van der Waals surface area contributed by atoms with Gasteiger partial charge >= 0.3 is 5.97 Å². The number of hydrogen-bond acceptors (Lipinski definition) is 6. The average molecular weight is 348 g/mol. The van der Waals surface area contributed by atoms with E-state index in [9.17, 15) is 14.7 Å². The van der Waals surface area contributed by atoms with E-state index >= 15 is 0 Å². The predicted octanol–water partition coefficient (Wildman–Crippen LogP) is 2.12. The largest absolute Gasteiger partial charge is 0.497 e. The number of benzene rings is 1. The van der Waals surface area contributed by atoms with Crippen LogP contribution in [0.2, 0.25) is 0 Å². The van der Waals surface area contributed by atoms with Crippen molar-refractivity contribution in [3.63, 3.8) is 0 Å². The summed E-state index contributed by atoms with van der Waals surface area (Å²) < 4.78 is 11.7. The molecule has 0 unspecified atom stereocenters. The number of nitrogens with zero attached hydrogens (tertiary/aromatic N) is 1. The molecule has 1 aromatic heterocycles. The van der Waals surface area contributed by atoms with E-state index < -0.39 is 17.8 Å². The molecular formula is C16H16N2O5S. The summed E-state index contributed by atoms with van der Waals surface area (Å²) in [4.78, 5) is 28.5. The van der Waals surface area contributed by atoms with E-state index in [-0.39, 0.29) is 18.1 Å². The average Bonchev–Trinajstić information content (AvgIpc) is 3.26. The number of aliphatic carboxylic acids is 1. The molecule has 7 nitrogen and oxygen atoms in total. The number of aromatic nitrogens is 1. The van der Waals surface area contributed by atoms with Crippen molar-refractivity contribution in [2.45, 2.75) is 25.0 Å². The summed E-state index contributed by atoms with van der Waals surface area (Å²) in [5.74, 6) is -2.03. The molecule has 0 aliphatic carbocycles. The maximum absolute atomic E-state index is 12.6. The number of hydrogen-bond donors (Lipinski definition) is 2. The molecule has 126 valence electrons. The molecule has 2 aliphatic rings. The number of carbonyl (C=O) groups is 2. The zero-order chi connectivity index (χ0) is 16.8. The molecule has 4 atom stereocenters. The van der Waals surface area contributed by atoms with E-state index in [0.29, 0.717) is 11.6 Å². The van der Waals surface area contributed by atoms with Gasteiger partial charge in [-0.15, -0.1) is 0 Å². The molecule has 1 amide bonds. The second-order valence-corrected chi connectivity index (χ2v) is 7.05. The van der Waals surface area contributed by atoms with Gasteiger partial charge in [-0.25, -0.2) is 4.98 Å². The highest BCUT2D eigenvalue weighted by molar-refractivity contribution is 7.22. The quantitative estimate of drug-likeness (QED) is 0.878. The summed E-state index contributed by atoms with van der Waals surface area (Å²) in [6.45, 7) is 0. The van der Waals surface area contributed by atoms with Crippen molar-refractivity contribution in [3.05, 3.63) is 18.2 Å². The number of nitrogens with one attached hydrogen (secondary N) is 1. The van der Waals surface area contributed by atoms with Crippen LogP contribution in [0.3, 0.4) is 0 Å². The lowest BCUT2D eigenvalue weighted by molar-refractivity contribution is -0.147. The minimum Gasteiger partial charge on any atom is -0.497 e. The predicted molar refractivity (Wildman–Crippen MR) is 87.3 cm³/mol. The molecule has 0 spiro atoms. The summed E-state index contributed by atoms with van der Waals surface area (Å²) in [5, 5.41) is 12.6. The van der Waals surface area contributed by atoms with Gasteiger partial charge in [0.15, 0.2) is 5.13 Å². The third-order valence-corrected chi connectivity index (χ3v) is 5.62. The van der Waals surface area contributed by atoms with Gasteiger partial charge in [-0.3, -0.25) is 9.59 Å². The smallest absolute Gasteiger partial charge is 0.310 e. The first kappa shape index (κ1) is 15.3. The molecule has 2 N–H and O–H groups in total. The van der Waals surface area contributed by atoms with Crippen molar-refractivity contribution in [1.82, 2.24) is 4.98 Å². The Hall–Kier alpha value is -2.19. The number of rotatable bonds is 4. The molecule has 1 aromatic carbocycles. The molecule has 2 aliphatic heterocycles. The number of carboxylic acid groups (broad SMARTS) is 1. The van der Waals surface area contributed by atoms with E-state index in [0.717, 1.165) is 22.4 Å². The zero-order valence-corrected chi connectivity index (χ0v) is 13.7. The maximum Gasteiger partial charge on any atom is 0.310 e. The highest BCUT2D eigenvalue weighted by atomic mass is 32.1. The Morgan fingerprint density at radius 2 is 2.08 bits per heavy atom. The molecule has 2 bridgehead atoms. The van der Waals surface area contributed by atoms with Crippen LogP contribution in [0.4, 0.5) is 5.13 Å². The number of ether oxygens (including phenoxy) is 2. The van der Waals surface area contributed by atoms with Crippen LogP contribution in [-0.4, -0.2) is 41.3 Å². The topological polar surface area (TPSA) is 97.8 Å². The standard InChI is InChI=1S/C16H16N2O5S/c1-22-7-2-3-8-11(6-7)24-16(17-8)18-14(19)12-9-4-5-10(23-9)13(12)15(20)21/h2-3,6,9-10,12-13H,4-5H2,1H3,(H,20,21)(H,17,18,19)/t9-,10-,12+,13-/m1/s1. The fourth-order valence-corrected chi connectivity index (χ4v) is 4.50. The first-order valence-corrected chi connectivity index (χ1v) is 8.52. The summed E-state index contributed by atoms with van der Waals surface area (Å²) in [7, 11) is 1.59. The SMILES string of the molecule is COc1ccc2nc(NC(=O)[C@@H]3[C@H](C(=O)O)[C@H]4CC[C@H]3O4)sc2c1. The second kappa shape index (κ2) is 5.71. The Kier molecular flexibility index (Phi) is 3.65. The van der Waals surface area contributed by atoms with Gasteiger partial charge in [-0.2, -0.15) is 0 Å². The minimum absolute atomic E-state index is 0.314. The van der Waals surface area contributed by atoms with Crippen LogP contribution < -0.4 is 10.1 Å². The van der Waals surface area contributed by atoms with Gasteiger partial charge in [0, 0.05) is 0 Å². The van der Waals surface area contributed by atoms with E-state index in [2.05, 4.69) is 10.3 Å².